The molecular formula is C29H40N4O10S. The van der Waals surface area contributed by atoms with E-state index in [1.165, 1.54) is 22.3 Å². The van der Waals surface area contributed by atoms with E-state index in [1.807, 2.05) is 0 Å². The summed E-state index contributed by atoms with van der Waals surface area (Å²) in [6, 6.07) is 9.37. The zero-order chi connectivity index (χ0) is 32.4. The molecule has 1 aromatic carbocycles. The third-order valence-electron chi connectivity index (χ3n) is 5.26. The molecule has 0 saturated heterocycles. The van der Waals surface area contributed by atoms with Crippen LogP contribution in [0.15, 0.2) is 52.3 Å². The number of aromatic nitrogens is 1. The number of carboxylic acid groups (broad SMARTS) is 1. The van der Waals surface area contributed by atoms with Gasteiger partial charge >= 0.3 is 12.1 Å². The molecule has 0 unspecified atom stereocenters. The Morgan fingerprint density at radius 3 is 2.09 bits per heavy atom. The molecule has 4 N–H and O–H groups in total. The van der Waals surface area contributed by atoms with E-state index >= 15 is 0 Å². The van der Waals surface area contributed by atoms with Crippen molar-refractivity contribution in [2.24, 2.45) is 0 Å². The van der Waals surface area contributed by atoms with Crippen molar-refractivity contribution < 1.29 is 43.2 Å². The number of carboxylic acids is 1. The van der Waals surface area contributed by atoms with Gasteiger partial charge in [-0.05, 0) is 57.0 Å². The van der Waals surface area contributed by atoms with Crippen LogP contribution in [0.2, 0.25) is 0 Å². The lowest BCUT2D eigenvalue weighted by atomic mass is 10.2. The molecule has 2 aromatic rings. The molecule has 0 aliphatic heterocycles. The highest BCUT2D eigenvalue weighted by atomic mass is 32.2. The molecule has 0 radical (unpaired) electrons. The van der Waals surface area contributed by atoms with Crippen LogP contribution < -0.4 is 21.5 Å². The lowest BCUT2D eigenvalue weighted by Gasteiger charge is -2.19. The first-order valence-corrected chi connectivity index (χ1v) is 14.7. The van der Waals surface area contributed by atoms with E-state index < -0.39 is 17.7 Å². The molecule has 0 spiro atoms. The second-order valence-corrected chi connectivity index (χ2v) is 11.2. The normalized spacial score (nSPS) is 11.1. The number of hydrogen-bond acceptors (Lipinski definition) is 10. The number of nitrogens with zero attached hydrogens (tertiary/aromatic N) is 1. The van der Waals surface area contributed by atoms with E-state index in [9.17, 15) is 24.0 Å². The highest BCUT2D eigenvalue weighted by Gasteiger charge is 2.16. The zero-order valence-electron chi connectivity index (χ0n) is 25.1. The highest BCUT2D eigenvalue weighted by molar-refractivity contribution is 7.97. The minimum Gasteiger partial charge on any atom is -0.481 e. The fourth-order valence-electron chi connectivity index (χ4n) is 3.28. The van der Waals surface area contributed by atoms with E-state index in [4.69, 9.17) is 24.1 Å². The van der Waals surface area contributed by atoms with Crippen molar-refractivity contribution >= 4 is 35.8 Å². The van der Waals surface area contributed by atoms with Crippen LogP contribution in [0.3, 0.4) is 0 Å². The first-order chi connectivity index (χ1) is 20.9. The number of amides is 3. The Bertz CT molecular complexity index is 1300. The summed E-state index contributed by atoms with van der Waals surface area (Å²) in [7, 11) is 0. The largest absolute Gasteiger partial charge is 0.481 e. The van der Waals surface area contributed by atoms with Crippen LogP contribution >= 0.6 is 11.9 Å². The monoisotopic (exact) mass is 636 g/mol. The Morgan fingerprint density at radius 2 is 1.41 bits per heavy atom. The predicted octanol–water partition coefficient (Wildman–Crippen LogP) is 1.91. The molecule has 2 rings (SSSR count). The molecule has 0 atom stereocenters. The Labute approximate surface area is 259 Å². The molecule has 0 fully saturated rings. The van der Waals surface area contributed by atoms with Crippen LogP contribution in [-0.4, -0.2) is 97.8 Å². The molecule has 0 saturated carbocycles. The fraction of sp³-hybridized carbons (Fsp3) is 0.483. The molecule has 14 nitrogen and oxygen atoms in total. The summed E-state index contributed by atoms with van der Waals surface area (Å²) in [4.78, 5) is 60.3. The van der Waals surface area contributed by atoms with E-state index in [-0.39, 0.29) is 62.2 Å². The van der Waals surface area contributed by atoms with Gasteiger partial charge in [-0.3, -0.25) is 23.2 Å². The number of ether oxygens (including phenoxy) is 4. The second kappa shape index (κ2) is 19.4. The number of hydrogen-bond donors (Lipinski definition) is 4. The molecule has 1 heterocycles. The third-order valence-corrected chi connectivity index (χ3v) is 6.20. The van der Waals surface area contributed by atoms with Crippen molar-refractivity contribution in [1.29, 1.82) is 0 Å². The van der Waals surface area contributed by atoms with E-state index in [1.54, 1.807) is 45.0 Å². The summed E-state index contributed by atoms with van der Waals surface area (Å²) in [5, 5.41) is 16.5. The van der Waals surface area contributed by atoms with Crippen molar-refractivity contribution in [3.8, 4) is 0 Å². The van der Waals surface area contributed by atoms with Gasteiger partial charge in [-0.2, -0.15) is 0 Å². The fourth-order valence-corrected chi connectivity index (χ4v) is 4.14. The lowest BCUT2D eigenvalue weighted by molar-refractivity contribution is -0.138. The molecule has 0 bridgehead atoms. The minimum absolute atomic E-state index is 0.0526. The molecule has 44 heavy (non-hydrogen) atoms. The standard InChI is InChI=1S/C29H40N4O10S/c1-29(2,3)43-28(39)32-11-10-30-26(37)21-5-4-6-23(19-21)44-33-20-22(7-8-24(33)34)27(38)31-12-14-41-16-18-42-17-15-40-13-9-25(35)36/h4-8,19-20H,9-18H2,1-3H3,(H,30,37)(H,31,38)(H,32,39)(H,35,36). The van der Waals surface area contributed by atoms with Gasteiger partial charge in [0, 0.05) is 42.4 Å². The number of benzene rings is 1. The highest BCUT2D eigenvalue weighted by Crippen LogP contribution is 2.20. The molecule has 242 valence electrons. The maximum atomic E-state index is 12.6. The number of rotatable bonds is 19. The maximum Gasteiger partial charge on any atom is 0.407 e. The van der Waals surface area contributed by atoms with E-state index in [0.29, 0.717) is 36.9 Å². The van der Waals surface area contributed by atoms with Crippen molar-refractivity contribution in [2.75, 3.05) is 59.3 Å². The quantitative estimate of drug-likeness (QED) is 0.165. The first-order valence-electron chi connectivity index (χ1n) is 13.9. The Balaban J connectivity index is 1.74. The Kier molecular flexibility index (Phi) is 16.0. The van der Waals surface area contributed by atoms with Gasteiger partial charge in [0.1, 0.15) is 5.60 Å². The summed E-state index contributed by atoms with van der Waals surface area (Å²) < 4.78 is 22.3. The Hall–Kier alpha value is -3.92. The van der Waals surface area contributed by atoms with Crippen LogP contribution in [-0.2, 0) is 23.7 Å². The van der Waals surface area contributed by atoms with Crippen molar-refractivity contribution in [2.45, 2.75) is 37.7 Å². The second-order valence-electron chi connectivity index (χ2n) is 10.1. The summed E-state index contributed by atoms with van der Waals surface area (Å²) in [6.45, 7) is 7.53. The van der Waals surface area contributed by atoms with E-state index in [0.717, 1.165) is 11.9 Å². The molecule has 15 heteroatoms. The van der Waals surface area contributed by atoms with Gasteiger partial charge in [-0.25, -0.2) is 4.79 Å². The topological polar surface area (TPSA) is 184 Å². The van der Waals surface area contributed by atoms with Crippen LogP contribution in [0, 0.1) is 0 Å². The maximum absolute atomic E-state index is 12.6. The van der Waals surface area contributed by atoms with Crippen LogP contribution in [0.25, 0.3) is 0 Å². The number of pyridine rings is 1. The minimum atomic E-state index is -0.916. The van der Waals surface area contributed by atoms with Gasteiger partial charge in [-0.1, -0.05) is 6.07 Å². The van der Waals surface area contributed by atoms with Crippen molar-refractivity contribution in [3.05, 3.63) is 64.1 Å². The number of aliphatic carboxylic acids is 1. The van der Waals surface area contributed by atoms with Gasteiger partial charge in [0.15, 0.2) is 0 Å². The summed E-state index contributed by atoms with van der Waals surface area (Å²) in [5.74, 6) is -1.65. The van der Waals surface area contributed by atoms with Crippen molar-refractivity contribution in [3.63, 3.8) is 0 Å². The van der Waals surface area contributed by atoms with Gasteiger partial charge in [0.2, 0.25) is 0 Å². The van der Waals surface area contributed by atoms with Gasteiger partial charge < -0.3 is 40.0 Å². The average molecular weight is 637 g/mol. The lowest BCUT2D eigenvalue weighted by Crippen LogP contribution is -2.37. The van der Waals surface area contributed by atoms with Crippen molar-refractivity contribution in [1.82, 2.24) is 19.9 Å². The first kappa shape index (κ1) is 36.3. The Morgan fingerprint density at radius 1 is 0.795 bits per heavy atom. The molecule has 0 aliphatic carbocycles. The number of nitrogens with one attached hydrogen (secondary N) is 3. The van der Waals surface area contributed by atoms with Gasteiger partial charge in [0.25, 0.3) is 17.4 Å². The molecule has 1 aromatic heterocycles. The van der Waals surface area contributed by atoms with Gasteiger partial charge in [-0.15, -0.1) is 0 Å². The predicted molar refractivity (Wildman–Crippen MR) is 162 cm³/mol. The van der Waals surface area contributed by atoms with Crippen LogP contribution in [0.1, 0.15) is 47.9 Å². The summed E-state index contributed by atoms with van der Waals surface area (Å²) in [6.07, 6.45) is 0.797. The molecule has 3 amide bonds. The summed E-state index contributed by atoms with van der Waals surface area (Å²) in [5.41, 5.74) is -0.322. The average Bonchev–Trinajstić information content (AvgIpc) is 2.96. The SMILES string of the molecule is CC(C)(C)OC(=O)NCCNC(=O)c1cccc(Sn2cc(C(=O)NCCOCCOCCOCCC(=O)O)ccc2=O)c1. The van der Waals surface area contributed by atoms with Crippen LogP contribution in [0.4, 0.5) is 4.79 Å². The molecular weight excluding hydrogens is 596 g/mol. The third kappa shape index (κ3) is 15.5. The number of alkyl carbamates (subject to hydrolysis) is 1. The number of carbonyl (C=O) groups excluding carboxylic acids is 3. The van der Waals surface area contributed by atoms with Crippen LogP contribution in [0.5, 0.6) is 0 Å². The smallest absolute Gasteiger partial charge is 0.407 e. The van der Waals surface area contributed by atoms with E-state index in [2.05, 4.69) is 16.0 Å². The molecule has 0 aliphatic rings. The van der Waals surface area contributed by atoms with Gasteiger partial charge in [0.05, 0.1) is 51.6 Å². The zero-order valence-corrected chi connectivity index (χ0v) is 25.9. The number of carbonyl (C=O) groups is 4. The summed E-state index contributed by atoms with van der Waals surface area (Å²) >= 11 is 1.06.